The highest BCUT2D eigenvalue weighted by Gasteiger charge is 2.06. The highest BCUT2D eigenvalue weighted by atomic mass is 35.5. The van der Waals surface area contributed by atoms with Crippen molar-refractivity contribution in [3.63, 3.8) is 0 Å². The lowest BCUT2D eigenvalue weighted by Gasteiger charge is -2.07. The Labute approximate surface area is 68.8 Å². The molecule has 0 radical (unpaired) electrons. The summed E-state index contributed by atoms with van der Waals surface area (Å²) in [6, 6.07) is 1.43. The molecule has 60 valence electrons. The van der Waals surface area contributed by atoms with Gasteiger partial charge in [0.25, 0.3) is 0 Å². The van der Waals surface area contributed by atoms with Crippen LogP contribution in [0.2, 0.25) is 5.15 Å². The molecule has 5 heteroatoms. The Bertz CT molecular complexity index is 264. The first-order valence-electron chi connectivity index (χ1n) is 2.96. The van der Waals surface area contributed by atoms with Crippen molar-refractivity contribution in [3.8, 4) is 0 Å². The highest BCUT2D eigenvalue weighted by Crippen LogP contribution is 2.18. The molecule has 1 aromatic heterocycles. The third-order valence-corrected chi connectivity index (χ3v) is 1.46. The van der Waals surface area contributed by atoms with Gasteiger partial charge in [-0.2, -0.15) is 0 Å². The molecule has 0 amide bonds. The molecule has 1 aromatic rings. The van der Waals surface area contributed by atoms with Crippen molar-refractivity contribution >= 4 is 17.3 Å². The number of hydrogen-bond acceptors (Lipinski definition) is 4. The average molecular weight is 174 g/mol. The van der Waals surface area contributed by atoms with Crippen LogP contribution in [-0.2, 0) is 0 Å². The molecule has 0 aliphatic rings. The third kappa shape index (κ3) is 1.80. The molecule has 0 saturated carbocycles. The van der Waals surface area contributed by atoms with E-state index in [4.69, 9.17) is 28.2 Å². The Morgan fingerprint density at radius 3 is 2.73 bits per heavy atom. The molecule has 0 fully saturated rings. The van der Waals surface area contributed by atoms with Crippen LogP contribution in [-0.4, -0.2) is 10.1 Å². The summed E-state index contributed by atoms with van der Waals surface area (Å²) in [4.78, 5) is 3.70. The summed E-state index contributed by atoms with van der Waals surface area (Å²) in [7, 11) is 0. The molecule has 0 bridgehead atoms. The zero-order valence-corrected chi connectivity index (χ0v) is 6.42. The van der Waals surface area contributed by atoms with Gasteiger partial charge in [0.2, 0.25) is 0 Å². The minimum absolute atomic E-state index is 0.263. The molecule has 11 heavy (non-hydrogen) atoms. The first-order valence-corrected chi connectivity index (χ1v) is 3.33. The number of nitrogens with zero attached hydrogens (tertiary/aromatic N) is 1. The van der Waals surface area contributed by atoms with Gasteiger partial charge < -0.3 is 16.6 Å². The van der Waals surface area contributed by atoms with E-state index in [1.54, 1.807) is 0 Å². The minimum Gasteiger partial charge on any atom is -0.397 e. The van der Waals surface area contributed by atoms with Crippen LogP contribution in [0.1, 0.15) is 11.8 Å². The third-order valence-electron chi connectivity index (χ3n) is 1.25. The van der Waals surface area contributed by atoms with Crippen LogP contribution >= 0.6 is 11.6 Å². The van der Waals surface area contributed by atoms with E-state index >= 15 is 0 Å². The molecule has 4 nitrogen and oxygen atoms in total. The molecular weight excluding hydrogens is 166 g/mol. The lowest BCUT2D eigenvalue weighted by atomic mass is 10.2. The summed E-state index contributed by atoms with van der Waals surface area (Å²) in [5.74, 6) is 0. The van der Waals surface area contributed by atoms with Crippen LogP contribution in [0.3, 0.4) is 0 Å². The van der Waals surface area contributed by atoms with E-state index in [1.165, 1.54) is 12.3 Å². The van der Waals surface area contributed by atoms with E-state index in [9.17, 15) is 0 Å². The van der Waals surface area contributed by atoms with Crippen molar-refractivity contribution in [1.82, 2.24) is 4.98 Å². The molecule has 0 aliphatic heterocycles. The number of rotatable bonds is 1. The zero-order valence-electron chi connectivity index (χ0n) is 5.66. The van der Waals surface area contributed by atoms with Gasteiger partial charge in [-0.05, 0) is 6.07 Å². The Balaban J connectivity index is 3.13. The van der Waals surface area contributed by atoms with Crippen LogP contribution in [0.4, 0.5) is 5.69 Å². The maximum Gasteiger partial charge on any atom is 0.130 e. The van der Waals surface area contributed by atoms with Gasteiger partial charge in [-0.25, -0.2) is 4.98 Å². The lowest BCUT2D eigenvalue weighted by Crippen LogP contribution is -2.11. The standard InChI is InChI=1S/C6H8ClN3O/c7-5-1-3(6(9)11)4(8)2-10-5/h1-2,6,11H,8-9H2. The second-order valence-electron chi connectivity index (χ2n) is 2.08. The number of aliphatic hydroxyl groups is 1. The van der Waals surface area contributed by atoms with Crippen molar-refractivity contribution in [2.75, 3.05) is 5.73 Å². The first-order chi connectivity index (χ1) is 5.11. The predicted molar refractivity (Wildman–Crippen MR) is 42.8 cm³/mol. The maximum atomic E-state index is 8.94. The predicted octanol–water partition coefficient (Wildman–Crippen LogP) is 0.267. The monoisotopic (exact) mass is 173 g/mol. The number of nitrogens with two attached hydrogens (primary N) is 2. The van der Waals surface area contributed by atoms with E-state index in [1.807, 2.05) is 0 Å². The number of nitrogen functional groups attached to an aromatic ring is 1. The number of halogens is 1. The summed E-state index contributed by atoms with van der Waals surface area (Å²) in [6.07, 6.45) is 0.254. The van der Waals surface area contributed by atoms with E-state index in [0.717, 1.165) is 0 Å². The van der Waals surface area contributed by atoms with Crippen LogP contribution < -0.4 is 11.5 Å². The number of anilines is 1. The van der Waals surface area contributed by atoms with Crippen LogP contribution in [0, 0.1) is 0 Å². The van der Waals surface area contributed by atoms with Crippen LogP contribution in [0.15, 0.2) is 12.3 Å². The smallest absolute Gasteiger partial charge is 0.130 e. The fraction of sp³-hybridized carbons (Fsp3) is 0.167. The number of aromatic nitrogens is 1. The van der Waals surface area contributed by atoms with Crippen molar-refractivity contribution in [2.24, 2.45) is 5.73 Å². The van der Waals surface area contributed by atoms with Gasteiger partial charge in [-0.15, -0.1) is 0 Å². The fourth-order valence-electron chi connectivity index (χ4n) is 0.711. The minimum atomic E-state index is -1.10. The van der Waals surface area contributed by atoms with Gasteiger partial charge in [-0.1, -0.05) is 11.6 Å². The van der Waals surface area contributed by atoms with Crippen molar-refractivity contribution < 1.29 is 5.11 Å². The summed E-state index contributed by atoms with van der Waals surface area (Å²) in [5.41, 5.74) is 11.3. The largest absolute Gasteiger partial charge is 0.397 e. The fourth-order valence-corrected chi connectivity index (χ4v) is 0.877. The van der Waals surface area contributed by atoms with E-state index in [0.29, 0.717) is 11.3 Å². The van der Waals surface area contributed by atoms with Gasteiger partial charge in [-0.3, -0.25) is 0 Å². The summed E-state index contributed by atoms with van der Waals surface area (Å²) in [5, 5.41) is 9.20. The van der Waals surface area contributed by atoms with Gasteiger partial charge in [0.1, 0.15) is 11.4 Å². The van der Waals surface area contributed by atoms with Gasteiger partial charge >= 0.3 is 0 Å². The molecule has 5 N–H and O–H groups in total. The Morgan fingerprint density at radius 1 is 1.64 bits per heavy atom. The first kappa shape index (κ1) is 8.26. The second kappa shape index (κ2) is 3.04. The molecule has 1 atom stereocenters. The van der Waals surface area contributed by atoms with Crippen molar-refractivity contribution in [3.05, 3.63) is 23.0 Å². The van der Waals surface area contributed by atoms with E-state index in [-0.39, 0.29) is 5.15 Å². The molecule has 0 aliphatic carbocycles. The number of aliphatic hydroxyl groups excluding tert-OH is 1. The zero-order chi connectivity index (χ0) is 8.43. The Kier molecular flexibility index (Phi) is 2.28. The van der Waals surface area contributed by atoms with Crippen molar-refractivity contribution in [2.45, 2.75) is 6.23 Å². The second-order valence-corrected chi connectivity index (χ2v) is 2.47. The Hall–Kier alpha value is -0.840. The molecular formula is C6H8ClN3O. The lowest BCUT2D eigenvalue weighted by molar-refractivity contribution is 0.187. The summed E-state index contributed by atoms with van der Waals surface area (Å²) < 4.78 is 0. The van der Waals surface area contributed by atoms with Crippen LogP contribution in [0.5, 0.6) is 0 Å². The average Bonchev–Trinajstić information content (AvgIpc) is 1.94. The van der Waals surface area contributed by atoms with E-state index < -0.39 is 6.23 Å². The van der Waals surface area contributed by atoms with Gasteiger partial charge in [0, 0.05) is 5.56 Å². The normalized spacial score (nSPS) is 13.0. The molecule has 1 rings (SSSR count). The topological polar surface area (TPSA) is 85.2 Å². The molecule has 0 aromatic carbocycles. The number of pyridine rings is 1. The highest BCUT2D eigenvalue weighted by molar-refractivity contribution is 6.29. The molecule has 0 spiro atoms. The SMILES string of the molecule is Nc1cnc(Cl)cc1C(N)O. The molecule has 0 saturated heterocycles. The van der Waals surface area contributed by atoms with Crippen molar-refractivity contribution in [1.29, 1.82) is 0 Å². The quantitative estimate of drug-likeness (QED) is 0.420. The molecule has 1 heterocycles. The number of hydrogen-bond donors (Lipinski definition) is 3. The maximum absolute atomic E-state index is 8.94. The summed E-state index contributed by atoms with van der Waals surface area (Å²) in [6.45, 7) is 0. The van der Waals surface area contributed by atoms with E-state index in [2.05, 4.69) is 4.98 Å². The summed E-state index contributed by atoms with van der Waals surface area (Å²) >= 11 is 5.53. The Morgan fingerprint density at radius 2 is 2.27 bits per heavy atom. The molecule has 1 unspecified atom stereocenters. The van der Waals surface area contributed by atoms with Gasteiger partial charge in [0.15, 0.2) is 0 Å². The van der Waals surface area contributed by atoms with Gasteiger partial charge in [0.05, 0.1) is 11.9 Å². The van der Waals surface area contributed by atoms with Crippen LogP contribution in [0.25, 0.3) is 0 Å².